The van der Waals surface area contributed by atoms with Gasteiger partial charge in [-0.1, -0.05) is 48.5 Å². The molecule has 1 atom stereocenters. The largest absolute Gasteiger partial charge is 0.489 e. The number of ether oxygens (including phenoxy) is 1. The minimum absolute atomic E-state index is 0.201. The number of hydrogen-bond acceptors (Lipinski definition) is 3. The number of rotatable bonds is 7. The van der Waals surface area contributed by atoms with Gasteiger partial charge < -0.3 is 14.9 Å². The smallest absolute Gasteiger partial charge is 0.122 e. The lowest BCUT2D eigenvalue weighted by atomic mass is 10.1. The summed E-state index contributed by atoms with van der Waals surface area (Å²) in [6, 6.07) is 17.8. The lowest BCUT2D eigenvalue weighted by Crippen LogP contribution is -2.13. The van der Waals surface area contributed by atoms with E-state index in [0.717, 1.165) is 16.9 Å². The molecule has 2 aromatic rings. The Morgan fingerprint density at radius 3 is 2.40 bits per heavy atom. The van der Waals surface area contributed by atoms with Crippen LogP contribution in [0.5, 0.6) is 5.75 Å². The average Bonchev–Trinajstić information content (AvgIpc) is 2.52. The summed E-state index contributed by atoms with van der Waals surface area (Å²) in [5.74, 6) is 0.835. The quantitative estimate of drug-likeness (QED) is 0.814. The number of para-hydroxylation sites is 1. The lowest BCUT2D eigenvalue weighted by molar-refractivity contribution is 0.0884. The first kappa shape index (κ1) is 14.6. The van der Waals surface area contributed by atoms with Crippen molar-refractivity contribution < 1.29 is 14.9 Å². The highest BCUT2D eigenvalue weighted by molar-refractivity contribution is 5.33. The minimum atomic E-state index is -0.669. The molecule has 0 fully saturated rings. The highest BCUT2D eigenvalue weighted by atomic mass is 16.5. The molecule has 0 aliphatic rings. The van der Waals surface area contributed by atoms with Crippen molar-refractivity contribution in [3.05, 3.63) is 65.7 Å². The van der Waals surface area contributed by atoms with Gasteiger partial charge in [0.1, 0.15) is 12.4 Å². The Morgan fingerprint density at radius 1 is 0.950 bits per heavy atom. The SMILES string of the molecule is OC[C@@H](O)CCc1ccccc1OCc1ccccc1. The first-order valence-corrected chi connectivity index (χ1v) is 6.83. The van der Waals surface area contributed by atoms with E-state index in [0.29, 0.717) is 19.4 Å². The van der Waals surface area contributed by atoms with Crippen molar-refractivity contribution in [2.45, 2.75) is 25.6 Å². The van der Waals surface area contributed by atoms with Crippen LogP contribution in [-0.2, 0) is 13.0 Å². The van der Waals surface area contributed by atoms with E-state index in [-0.39, 0.29) is 6.61 Å². The number of aliphatic hydroxyl groups excluding tert-OH is 2. The van der Waals surface area contributed by atoms with Gasteiger partial charge in [-0.05, 0) is 30.0 Å². The monoisotopic (exact) mass is 272 g/mol. The summed E-state index contributed by atoms with van der Waals surface area (Å²) < 4.78 is 5.84. The van der Waals surface area contributed by atoms with E-state index in [1.165, 1.54) is 0 Å². The molecule has 0 bridgehead atoms. The summed E-state index contributed by atoms with van der Waals surface area (Å²) >= 11 is 0. The van der Waals surface area contributed by atoms with Crippen LogP contribution in [0.3, 0.4) is 0 Å². The van der Waals surface area contributed by atoms with E-state index in [1.807, 2.05) is 54.6 Å². The third-order valence-corrected chi connectivity index (χ3v) is 3.17. The van der Waals surface area contributed by atoms with Crippen LogP contribution < -0.4 is 4.74 Å². The molecule has 0 unspecified atom stereocenters. The number of aliphatic hydroxyl groups is 2. The second-order valence-corrected chi connectivity index (χ2v) is 4.76. The molecule has 0 radical (unpaired) electrons. The predicted molar refractivity (Wildman–Crippen MR) is 78.6 cm³/mol. The third-order valence-electron chi connectivity index (χ3n) is 3.17. The van der Waals surface area contributed by atoms with Crippen molar-refractivity contribution in [2.24, 2.45) is 0 Å². The molecule has 0 heterocycles. The van der Waals surface area contributed by atoms with Crippen LogP contribution >= 0.6 is 0 Å². The fraction of sp³-hybridized carbons (Fsp3) is 0.294. The number of aryl methyl sites for hydroxylation is 1. The molecule has 2 N–H and O–H groups in total. The zero-order valence-electron chi connectivity index (χ0n) is 11.4. The zero-order valence-corrected chi connectivity index (χ0v) is 11.4. The minimum Gasteiger partial charge on any atom is -0.489 e. The maximum atomic E-state index is 9.43. The zero-order chi connectivity index (χ0) is 14.2. The molecule has 3 nitrogen and oxygen atoms in total. The molecular formula is C17H20O3. The van der Waals surface area contributed by atoms with E-state index in [9.17, 15) is 5.11 Å². The summed E-state index contributed by atoms with van der Waals surface area (Å²) in [5.41, 5.74) is 2.17. The molecule has 0 saturated carbocycles. The van der Waals surface area contributed by atoms with Gasteiger partial charge in [-0.3, -0.25) is 0 Å². The van der Waals surface area contributed by atoms with Gasteiger partial charge in [0.05, 0.1) is 12.7 Å². The van der Waals surface area contributed by atoms with Crippen LogP contribution in [0.25, 0.3) is 0 Å². The highest BCUT2D eigenvalue weighted by Gasteiger charge is 2.07. The molecule has 0 aliphatic heterocycles. The summed E-state index contributed by atoms with van der Waals surface area (Å²) in [6.45, 7) is 0.327. The van der Waals surface area contributed by atoms with E-state index in [1.54, 1.807) is 0 Å². The van der Waals surface area contributed by atoms with Crippen molar-refractivity contribution in [3.8, 4) is 5.75 Å². The van der Waals surface area contributed by atoms with Gasteiger partial charge >= 0.3 is 0 Å². The summed E-state index contributed by atoms with van der Waals surface area (Å²) in [4.78, 5) is 0. The van der Waals surface area contributed by atoms with Crippen molar-refractivity contribution in [3.63, 3.8) is 0 Å². The van der Waals surface area contributed by atoms with Gasteiger partial charge in [-0.2, -0.15) is 0 Å². The van der Waals surface area contributed by atoms with Crippen molar-refractivity contribution >= 4 is 0 Å². The first-order chi connectivity index (χ1) is 9.79. The van der Waals surface area contributed by atoms with Crippen molar-refractivity contribution in [2.75, 3.05) is 6.61 Å². The van der Waals surface area contributed by atoms with Gasteiger partial charge in [0, 0.05) is 0 Å². The first-order valence-electron chi connectivity index (χ1n) is 6.83. The Kier molecular flexibility index (Phi) is 5.59. The van der Waals surface area contributed by atoms with E-state index >= 15 is 0 Å². The molecule has 0 amide bonds. The molecule has 20 heavy (non-hydrogen) atoms. The average molecular weight is 272 g/mol. The Hall–Kier alpha value is -1.84. The molecule has 0 saturated heterocycles. The van der Waals surface area contributed by atoms with Crippen LogP contribution in [0.15, 0.2) is 54.6 Å². The van der Waals surface area contributed by atoms with Gasteiger partial charge in [0.2, 0.25) is 0 Å². The van der Waals surface area contributed by atoms with E-state index in [2.05, 4.69) is 0 Å². The fourth-order valence-corrected chi connectivity index (χ4v) is 2.00. The second kappa shape index (κ2) is 7.68. The Bertz CT molecular complexity index is 511. The molecule has 2 rings (SSSR count). The predicted octanol–water partition coefficient (Wildman–Crippen LogP) is 2.55. The standard InChI is InChI=1S/C17H20O3/c18-12-16(19)11-10-15-8-4-5-9-17(15)20-13-14-6-2-1-3-7-14/h1-9,16,18-19H,10-13H2/t16-/m0/s1. The van der Waals surface area contributed by atoms with Crippen LogP contribution in [0.1, 0.15) is 17.5 Å². The highest BCUT2D eigenvalue weighted by Crippen LogP contribution is 2.21. The Labute approximate surface area is 119 Å². The molecule has 0 aliphatic carbocycles. The Morgan fingerprint density at radius 2 is 1.65 bits per heavy atom. The van der Waals surface area contributed by atoms with Crippen molar-refractivity contribution in [1.29, 1.82) is 0 Å². The summed E-state index contributed by atoms with van der Waals surface area (Å²) in [5, 5.41) is 18.3. The van der Waals surface area contributed by atoms with Crippen LogP contribution in [0.2, 0.25) is 0 Å². The third kappa shape index (κ3) is 4.37. The normalized spacial score (nSPS) is 12.1. The van der Waals surface area contributed by atoms with Gasteiger partial charge in [0.15, 0.2) is 0 Å². The lowest BCUT2D eigenvalue weighted by Gasteiger charge is -2.13. The van der Waals surface area contributed by atoms with E-state index < -0.39 is 6.10 Å². The maximum absolute atomic E-state index is 9.43. The molecule has 0 spiro atoms. The summed E-state index contributed by atoms with van der Waals surface area (Å²) in [6.07, 6.45) is 0.548. The maximum Gasteiger partial charge on any atom is 0.122 e. The van der Waals surface area contributed by atoms with Crippen LogP contribution in [-0.4, -0.2) is 22.9 Å². The van der Waals surface area contributed by atoms with Gasteiger partial charge in [-0.15, -0.1) is 0 Å². The van der Waals surface area contributed by atoms with E-state index in [4.69, 9.17) is 9.84 Å². The second-order valence-electron chi connectivity index (χ2n) is 4.76. The molecule has 2 aromatic carbocycles. The Balaban J connectivity index is 1.97. The van der Waals surface area contributed by atoms with Crippen LogP contribution in [0.4, 0.5) is 0 Å². The van der Waals surface area contributed by atoms with Gasteiger partial charge in [-0.25, -0.2) is 0 Å². The molecular weight excluding hydrogens is 252 g/mol. The number of benzene rings is 2. The fourth-order valence-electron chi connectivity index (χ4n) is 2.00. The molecule has 3 heteroatoms. The topological polar surface area (TPSA) is 49.7 Å². The molecule has 106 valence electrons. The molecule has 0 aromatic heterocycles. The summed E-state index contributed by atoms with van der Waals surface area (Å²) in [7, 11) is 0. The van der Waals surface area contributed by atoms with Gasteiger partial charge in [0.25, 0.3) is 0 Å². The number of hydrogen-bond donors (Lipinski definition) is 2. The van der Waals surface area contributed by atoms with Crippen molar-refractivity contribution in [1.82, 2.24) is 0 Å². The van der Waals surface area contributed by atoms with Crippen LogP contribution in [0, 0.1) is 0 Å².